The SMILES string of the molecule is CC(=O)Nc1ccc(CCN2CCN(S(=O)(=O)C3CCCC3)CC2)cc1. The van der Waals surface area contributed by atoms with Crippen LogP contribution >= 0.6 is 0 Å². The summed E-state index contributed by atoms with van der Waals surface area (Å²) in [5.41, 5.74) is 2.03. The minimum Gasteiger partial charge on any atom is -0.326 e. The predicted molar refractivity (Wildman–Crippen MR) is 104 cm³/mol. The lowest BCUT2D eigenvalue weighted by atomic mass is 10.1. The van der Waals surface area contributed by atoms with E-state index < -0.39 is 10.0 Å². The minimum absolute atomic E-state index is 0.0665. The van der Waals surface area contributed by atoms with Gasteiger partial charge in [0.2, 0.25) is 15.9 Å². The molecule has 2 aliphatic rings. The maximum Gasteiger partial charge on any atom is 0.221 e. The number of carbonyl (C=O) groups is 1. The van der Waals surface area contributed by atoms with Gasteiger partial charge >= 0.3 is 0 Å². The zero-order valence-corrected chi connectivity index (χ0v) is 16.3. The Morgan fingerprint density at radius 3 is 2.27 bits per heavy atom. The molecule has 144 valence electrons. The molecule has 1 aromatic carbocycles. The molecule has 0 unspecified atom stereocenters. The highest BCUT2D eigenvalue weighted by Crippen LogP contribution is 2.27. The van der Waals surface area contributed by atoms with E-state index in [1.807, 2.05) is 24.3 Å². The molecule has 1 heterocycles. The summed E-state index contributed by atoms with van der Waals surface area (Å²) in [6.07, 6.45) is 4.68. The van der Waals surface area contributed by atoms with Crippen molar-refractivity contribution in [1.82, 2.24) is 9.21 Å². The van der Waals surface area contributed by atoms with Crippen LogP contribution < -0.4 is 5.32 Å². The lowest BCUT2D eigenvalue weighted by molar-refractivity contribution is -0.114. The fraction of sp³-hybridized carbons (Fsp3) is 0.632. The second-order valence-corrected chi connectivity index (χ2v) is 9.53. The number of nitrogens with one attached hydrogen (secondary N) is 1. The number of nitrogens with zero attached hydrogens (tertiary/aromatic N) is 2. The number of rotatable bonds is 6. The molecule has 2 fully saturated rings. The molecular weight excluding hydrogens is 350 g/mol. The molecule has 1 aromatic rings. The molecule has 7 heteroatoms. The monoisotopic (exact) mass is 379 g/mol. The van der Waals surface area contributed by atoms with E-state index in [4.69, 9.17) is 0 Å². The second kappa shape index (κ2) is 8.50. The molecule has 1 aliphatic carbocycles. The van der Waals surface area contributed by atoms with Crippen molar-refractivity contribution >= 4 is 21.6 Å². The Labute approximate surface area is 156 Å². The highest BCUT2D eigenvalue weighted by molar-refractivity contribution is 7.89. The molecule has 0 spiro atoms. The molecule has 26 heavy (non-hydrogen) atoms. The van der Waals surface area contributed by atoms with Gasteiger partial charge in [0.1, 0.15) is 0 Å². The van der Waals surface area contributed by atoms with Gasteiger partial charge in [-0.3, -0.25) is 4.79 Å². The summed E-state index contributed by atoms with van der Waals surface area (Å²) in [4.78, 5) is 13.4. The lowest BCUT2D eigenvalue weighted by Gasteiger charge is -2.35. The average Bonchev–Trinajstić information content (AvgIpc) is 3.17. The third kappa shape index (κ3) is 4.84. The summed E-state index contributed by atoms with van der Waals surface area (Å²) in [7, 11) is -3.09. The fourth-order valence-electron chi connectivity index (χ4n) is 3.85. The van der Waals surface area contributed by atoms with Crippen LogP contribution in [-0.4, -0.2) is 61.5 Å². The van der Waals surface area contributed by atoms with E-state index in [9.17, 15) is 13.2 Å². The van der Waals surface area contributed by atoms with Crippen LogP contribution in [0.15, 0.2) is 24.3 Å². The lowest BCUT2D eigenvalue weighted by Crippen LogP contribution is -2.51. The molecule has 1 saturated heterocycles. The van der Waals surface area contributed by atoms with E-state index in [-0.39, 0.29) is 11.2 Å². The smallest absolute Gasteiger partial charge is 0.221 e. The number of carbonyl (C=O) groups excluding carboxylic acids is 1. The molecular formula is C19H29N3O3S. The van der Waals surface area contributed by atoms with Gasteiger partial charge in [0.05, 0.1) is 5.25 Å². The van der Waals surface area contributed by atoms with Gasteiger partial charge in [-0.05, 0) is 37.0 Å². The quantitative estimate of drug-likeness (QED) is 0.822. The summed E-state index contributed by atoms with van der Waals surface area (Å²) < 4.78 is 27.0. The van der Waals surface area contributed by atoms with Crippen LogP contribution in [-0.2, 0) is 21.2 Å². The first-order valence-electron chi connectivity index (χ1n) is 9.53. The Hall–Kier alpha value is -1.44. The first-order valence-corrected chi connectivity index (χ1v) is 11.0. The van der Waals surface area contributed by atoms with Gasteiger partial charge in [0.15, 0.2) is 0 Å². The summed E-state index contributed by atoms with van der Waals surface area (Å²) in [6, 6.07) is 7.91. The first-order chi connectivity index (χ1) is 12.4. The van der Waals surface area contributed by atoms with Crippen molar-refractivity contribution in [2.75, 3.05) is 38.0 Å². The molecule has 1 aliphatic heterocycles. The summed E-state index contributed by atoms with van der Waals surface area (Å²) in [5, 5.41) is 2.63. The number of hydrogen-bond acceptors (Lipinski definition) is 4. The minimum atomic E-state index is -3.09. The first kappa shape index (κ1) is 19.3. The number of sulfonamides is 1. The zero-order valence-electron chi connectivity index (χ0n) is 15.5. The molecule has 0 radical (unpaired) electrons. The average molecular weight is 380 g/mol. The molecule has 0 atom stereocenters. The fourth-order valence-corrected chi connectivity index (χ4v) is 5.87. The van der Waals surface area contributed by atoms with Gasteiger partial charge in [0, 0.05) is 45.3 Å². The summed E-state index contributed by atoms with van der Waals surface area (Å²) in [5.74, 6) is -0.0665. The molecule has 1 saturated carbocycles. The number of amides is 1. The van der Waals surface area contributed by atoms with Crippen molar-refractivity contribution < 1.29 is 13.2 Å². The van der Waals surface area contributed by atoms with E-state index in [2.05, 4.69) is 10.2 Å². The van der Waals surface area contributed by atoms with E-state index in [0.717, 1.165) is 57.4 Å². The van der Waals surface area contributed by atoms with Crippen LogP contribution in [0.1, 0.15) is 38.2 Å². The second-order valence-electron chi connectivity index (χ2n) is 7.32. The normalized spacial score (nSPS) is 20.3. The predicted octanol–water partition coefficient (Wildman–Crippen LogP) is 2.08. The third-order valence-electron chi connectivity index (χ3n) is 5.41. The van der Waals surface area contributed by atoms with Crippen molar-refractivity contribution in [3.8, 4) is 0 Å². The molecule has 0 aromatic heterocycles. The van der Waals surface area contributed by atoms with Crippen LogP contribution in [0.2, 0.25) is 0 Å². The van der Waals surface area contributed by atoms with Crippen LogP contribution in [0.4, 0.5) is 5.69 Å². The van der Waals surface area contributed by atoms with Crippen LogP contribution in [0.5, 0.6) is 0 Å². The van der Waals surface area contributed by atoms with Crippen molar-refractivity contribution in [2.45, 2.75) is 44.3 Å². The number of benzene rings is 1. The van der Waals surface area contributed by atoms with Crippen LogP contribution in [0, 0.1) is 0 Å². The third-order valence-corrected chi connectivity index (χ3v) is 7.80. The van der Waals surface area contributed by atoms with Crippen LogP contribution in [0.3, 0.4) is 0 Å². The molecule has 6 nitrogen and oxygen atoms in total. The molecule has 3 rings (SSSR count). The Morgan fingerprint density at radius 1 is 1.08 bits per heavy atom. The topological polar surface area (TPSA) is 69.7 Å². The maximum atomic E-state index is 12.7. The maximum absolute atomic E-state index is 12.7. The van der Waals surface area contributed by atoms with Crippen molar-refractivity contribution in [2.24, 2.45) is 0 Å². The van der Waals surface area contributed by atoms with Crippen molar-refractivity contribution in [1.29, 1.82) is 0 Å². The van der Waals surface area contributed by atoms with Crippen molar-refractivity contribution in [3.63, 3.8) is 0 Å². The largest absolute Gasteiger partial charge is 0.326 e. The highest BCUT2D eigenvalue weighted by Gasteiger charge is 2.35. The Balaban J connectivity index is 1.44. The number of hydrogen-bond donors (Lipinski definition) is 1. The summed E-state index contributed by atoms with van der Waals surface area (Å²) >= 11 is 0. The van der Waals surface area contributed by atoms with E-state index in [1.165, 1.54) is 12.5 Å². The van der Waals surface area contributed by atoms with E-state index >= 15 is 0 Å². The molecule has 1 amide bonds. The van der Waals surface area contributed by atoms with Crippen molar-refractivity contribution in [3.05, 3.63) is 29.8 Å². The Morgan fingerprint density at radius 2 is 1.69 bits per heavy atom. The van der Waals surface area contributed by atoms with E-state index in [0.29, 0.717) is 13.1 Å². The van der Waals surface area contributed by atoms with Gasteiger partial charge in [-0.1, -0.05) is 25.0 Å². The zero-order chi connectivity index (χ0) is 18.6. The van der Waals surface area contributed by atoms with Gasteiger partial charge in [0.25, 0.3) is 0 Å². The Bertz CT molecular complexity index is 704. The van der Waals surface area contributed by atoms with Crippen LogP contribution in [0.25, 0.3) is 0 Å². The Kier molecular flexibility index (Phi) is 6.32. The van der Waals surface area contributed by atoms with Gasteiger partial charge in [-0.2, -0.15) is 4.31 Å². The molecule has 0 bridgehead atoms. The van der Waals surface area contributed by atoms with Gasteiger partial charge in [-0.25, -0.2) is 8.42 Å². The van der Waals surface area contributed by atoms with Gasteiger partial charge < -0.3 is 10.2 Å². The van der Waals surface area contributed by atoms with E-state index in [1.54, 1.807) is 4.31 Å². The van der Waals surface area contributed by atoms with Gasteiger partial charge in [-0.15, -0.1) is 0 Å². The number of anilines is 1. The standard InChI is InChI=1S/C19H29N3O3S/c1-16(23)20-18-8-6-17(7-9-18)10-11-21-12-14-22(15-13-21)26(24,25)19-4-2-3-5-19/h6-9,19H,2-5,10-15H2,1H3,(H,20,23). The number of piperazine rings is 1. The molecule has 1 N–H and O–H groups in total. The highest BCUT2D eigenvalue weighted by atomic mass is 32.2. The summed E-state index contributed by atoms with van der Waals surface area (Å²) in [6.45, 7) is 5.25.